The Morgan fingerprint density at radius 1 is 1.36 bits per heavy atom. The Morgan fingerprint density at radius 2 is 2.00 bits per heavy atom. The van der Waals surface area contributed by atoms with Gasteiger partial charge in [-0.15, -0.1) is 12.4 Å². The molecule has 0 saturated heterocycles. The van der Waals surface area contributed by atoms with Gasteiger partial charge < -0.3 is 5.73 Å². The quantitative estimate of drug-likeness (QED) is 0.611. The normalized spacial score (nSPS) is 45.5. The molecule has 0 aromatic carbocycles. The highest BCUT2D eigenvalue weighted by atomic mass is 35.5. The van der Waals surface area contributed by atoms with Gasteiger partial charge in [0.25, 0.3) is 5.92 Å². The van der Waals surface area contributed by atoms with Crippen LogP contribution >= 0.6 is 12.4 Å². The topological polar surface area (TPSA) is 26.0 Å². The third-order valence-electron chi connectivity index (χ3n) is 2.90. The summed E-state index contributed by atoms with van der Waals surface area (Å²) >= 11 is 0. The van der Waals surface area contributed by atoms with Gasteiger partial charge in [0, 0.05) is 17.9 Å². The number of hydrogen-bond donors (Lipinski definition) is 1. The van der Waals surface area contributed by atoms with Gasteiger partial charge in [0.15, 0.2) is 0 Å². The lowest BCUT2D eigenvalue weighted by atomic mass is 9.66. The van der Waals surface area contributed by atoms with Crippen molar-refractivity contribution in [3.63, 3.8) is 0 Å². The lowest BCUT2D eigenvalue weighted by Crippen LogP contribution is -2.63. The minimum absolute atomic E-state index is 0. The van der Waals surface area contributed by atoms with E-state index in [9.17, 15) is 8.78 Å². The van der Waals surface area contributed by atoms with Crippen LogP contribution in [0.3, 0.4) is 0 Å². The first-order chi connectivity index (χ1) is 4.55. The lowest BCUT2D eigenvalue weighted by molar-refractivity contribution is -0.171. The van der Waals surface area contributed by atoms with Crippen LogP contribution in [0.15, 0.2) is 0 Å². The Balaban J connectivity index is 0.000000605. The molecule has 4 heteroatoms. The summed E-state index contributed by atoms with van der Waals surface area (Å²) in [4.78, 5) is 0. The molecule has 0 amide bonds. The molecule has 66 valence electrons. The minimum atomic E-state index is -2.44. The molecule has 2 saturated carbocycles. The zero-order valence-electron chi connectivity index (χ0n) is 6.15. The maximum atomic E-state index is 12.7. The van der Waals surface area contributed by atoms with Crippen LogP contribution in [-0.4, -0.2) is 11.5 Å². The number of rotatable bonds is 0. The lowest BCUT2D eigenvalue weighted by Gasteiger charge is -2.48. The summed E-state index contributed by atoms with van der Waals surface area (Å²) in [6.07, 6.45) is 2.23. The molecule has 0 spiro atoms. The second-order valence-corrected chi connectivity index (χ2v) is 3.62. The van der Waals surface area contributed by atoms with E-state index in [2.05, 4.69) is 0 Å². The van der Waals surface area contributed by atoms with Crippen LogP contribution in [0.1, 0.15) is 25.7 Å². The molecule has 0 aromatic heterocycles. The Kier molecular flexibility index (Phi) is 1.92. The first-order valence-electron chi connectivity index (χ1n) is 3.71. The van der Waals surface area contributed by atoms with E-state index in [1.165, 1.54) is 0 Å². The predicted molar refractivity (Wildman–Crippen MR) is 41.1 cm³/mol. The molecule has 0 bridgehead atoms. The minimum Gasteiger partial charge on any atom is -0.324 e. The van der Waals surface area contributed by atoms with Crippen molar-refractivity contribution in [2.45, 2.75) is 37.1 Å². The highest BCUT2D eigenvalue weighted by molar-refractivity contribution is 5.85. The molecular weight excluding hydrogens is 172 g/mol. The molecule has 0 aromatic rings. The van der Waals surface area contributed by atoms with E-state index >= 15 is 0 Å². The molecular formula is C7H12ClF2N. The monoisotopic (exact) mass is 183 g/mol. The van der Waals surface area contributed by atoms with Crippen molar-refractivity contribution in [1.82, 2.24) is 0 Å². The molecule has 0 heterocycles. The Morgan fingerprint density at radius 3 is 2.36 bits per heavy atom. The van der Waals surface area contributed by atoms with Crippen LogP contribution in [0, 0.1) is 5.92 Å². The van der Waals surface area contributed by atoms with Crippen molar-refractivity contribution < 1.29 is 8.78 Å². The molecule has 2 rings (SSSR count). The fourth-order valence-electron chi connectivity index (χ4n) is 2.37. The van der Waals surface area contributed by atoms with Crippen LogP contribution < -0.4 is 5.73 Å². The number of fused-ring (bicyclic) bond motifs is 1. The van der Waals surface area contributed by atoms with Crippen LogP contribution in [0.4, 0.5) is 8.78 Å². The van der Waals surface area contributed by atoms with Crippen molar-refractivity contribution >= 4 is 12.4 Å². The number of alkyl halides is 2. The molecule has 2 unspecified atom stereocenters. The third-order valence-corrected chi connectivity index (χ3v) is 2.90. The van der Waals surface area contributed by atoms with Gasteiger partial charge in [0.1, 0.15) is 0 Å². The van der Waals surface area contributed by atoms with Crippen molar-refractivity contribution in [2.24, 2.45) is 11.7 Å². The van der Waals surface area contributed by atoms with Gasteiger partial charge in [-0.05, 0) is 12.8 Å². The Hall–Kier alpha value is 0.110. The molecule has 0 radical (unpaired) electrons. The maximum absolute atomic E-state index is 12.7. The second kappa shape index (κ2) is 2.30. The van der Waals surface area contributed by atoms with E-state index in [1.807, 2.05) is 0 Å². The van der Waals surface area contributed by atoms with Gasteiger partial charge in [-0.2, -0.15) is 0 Å². The smallest absolute Gasteiger partial charge is 0.254 e. The van der Waals surface area contributed by atoms with E-state index in [0.29, 0.717) is 6.42 Å². The molecule has 2 aliphatic carbocycles. The van der Waals surface area contributed by atoms with Crippen LogP contribution in [-0.2, 0) is 0 Å². The largest absolute Gasteiger partial charge is 0.324 e. The number of hydrogen-bond acceptors (Lipinski definition) is 1. The van der Waals surface area contributed by atoms with Crippen molar-refractivity contribution in [2.75, 3.05) is 0 Å². The highest BCUT2D eigenvalue weighted by Gasteiger charge is 2.65. The fraction of sp³-hybridized carbons (Fsp3) is 1.00. The van der Waals surface area contributed by atoms with Gasteiger partial charge in [-0.3, -0.25) is 0 Å². The summed E-state index contributed by atoms with van der Waals surface area (Å²) in [7, 11) is 0. The van der Waals surface area contributed by atoms with Crippen LogP contribution in [0.2, 0.25) is 0 Å². The average Bonchev–Trinajstić information content (AvgIpc) is 2.06. The van der Waals surface area contributed by atoms with E-state index in [-0.39, 0.29) is 18.8 Å². The second-order valence-electron chi connectivity index (χ2n) is 3.62. The summed E-state index contributed by atoms with van der Waals surface area (Å²) in [5, 5.41) is 0. The van der Waals surface area contributed by atoms with Gasteiger partial charge in [0.2, 0.25) is 0 Å². The zero-order valence-corrected chi connectivity index (χ0v) is 6.96. The van der Waals surface area contributed by atoms with Crippen LogP contribution in [0.25, 0.3) is 0 Å². The highest BCUT2D eigenvalue weighted by Crippen LogP contribution is 2.57. The summed E-state index contributed by atoms with van der Waals surface area (Å²) in [5.41, 5.74) is 5.22. The maximum Gasteiger partial charge on any atom is 0.254 e. The summed E-state index contributed by atoms with van der Waals surface area (Å²) in [6.45, 7) is 0. The first-order valence-corrected chi connectivity index (χ1v) is 3.71. The third kappa shape index (κ3) is 1.05. The van der Waals surface area contributed by atoms with Crippen molar-refractivity contribution in [1.29, 1.82) is 0 Å². The number of halogens is 3. The van der Waals surface area contributed by atoms with Crippen LogP contribution in [0.5, 0.6) is 0 Å². The molecule has 2 N–H and O–H groups in total. The predicted octanol–water partition coefficient (Wildman–Crippen LogP) is 1.94. The van der Waals surface area contributed by atoms with E-state index in [1.54, 1.807) is 0 Å². The van der Waals surface area contributed by atoms with E-state index in [0.717, 1.165) is 12.8 Å². The Bertz CT molecular complexity index is 174. The molecule has 1 nitrogen and oxygen atoms in total. The fourth-order valence-corrected chi connectivity index (χ4v) is 2.37. The van der Waals surface area contributed by atoms with E-state index < -0.39 is 17.4 Å². The van der Waals surface area contributed by atoms with Gasteiger partial charge >= 0.3 is 0 Å². The van der Waals surface area contributed by atoms with E-state index in [4.69, 9.17) is 5.73 Å². The molecule has 0 aliphatic heterocycles. The van der Waals surface area contributed by atoms with Gasteiger partial charge in [-0.25, -0.2) is 8.78 Å². The van der Waals surface area contributed by atoms with Crippen molar-refractivity contribution in [3.8, 4) is 0 Å². The molecule has 11 heavy (non-hydrogen) atoms. The molecule has 2 aliphatic rings. The first kappa shape index (κ1) is 9.20. The van der Waals surface area contributed by atoms with Gasteiger partial charge in [-0.1, -0.05) is 6.42 Å². The van der Waals surface area contributed by atoms with Crippen molar-refractivity contribution in [3.05, 3.63) is 0 Å². The summed E-state index contributed by atoms with van der Waals surface area (Å²) < 4.78 is 25.3. The molecule has 2 atom stereocenters. The summed E-state index contributed by atoms with van der Waals surface area (Å²) in [5.74, 6) is -2.94. The number of nitrogens with two attached hydrogens (primary N) is 1. The molecule has 2 fully saturated rings. The zero-order chi connectivity index (χ0) is 7.41. The summed E-state index contributed by atoms with van der Waals surface area (Å²) in [6, 6.07) is 0. The van der Waals surface area contributed by atoms with Gasteiger partial charge in [0.05, 0.1) is 0 Å². The SMILES string of the molecule is Cl.NC12CCCC1C(F)(F)C2. The Labute approximate surface area is 70.7 Å². The average molecular weight is 184 g/mol. The standard InChI is InChI=1S/C7H11F2N.ClH/c8-7(9)4-6(10)3-1-2-5(6)7;/h5H,1-4,10H2;1H.